The summed E-state index contributed by atoms with van der Waals surface area (Å²) in [4.78, 5) is 13.7. The zero-order valence-electron chi connectivity index (χ0n) is 19.4. The fraction of sp³-hybridized carbons (Fsp3) is 0.320. The Labute approximate surface area is 191 Å². The molecule has 8 heteroatoms. The first kappa shape index (κ1) is 22.5. The number of methoxy groups -OCH3 is 5. The average Bonchev–Trinajstić information content (AvgIpc) is 2.87. The van der Waals surface area contributed by atoms with Gasteiger partial charge in [0.1, 0.15) is 16.9 Å². The summed E-state index contributed by atoms with van der Waals surface area (Å²) in [6.07, 6.45) is 2.84. The first-order chi connectivity index (χ1) is 16.1. The van der Waals surface area contributed by atoms with Gasteiger partial charge in [0.05, 0.1) is 41.1 Å². The van der Waals surface area contributed by atoms with Gasteiger partial charge in [-0.25, -0.2) is 0 Å². The molecule has 0 unspecified atom stereocenters. The molecule has 8 nitrogen and oxygen atoms in total. The Kier molecular flexibility index (Phi) is 6.46. The molecule has 2 heterocycles. The SMILES string of the molecule is COc1ccc(-c2oc3c(C4=CCNCC4)c(OC)cc(OC)c3c(=O)c2OC)cc1OC. The van der Waals surface area contributed by atoms with E-state index in [9.17, 15) is 4.79 Å². The Balaban J connectivity index is 2.11. The molecule has 1 aliphatic rings. The van der Waals surface area contributed by atoms with Gasteiger partial charge in [-0.1, -0.05) is 6.08 Å². The molecule has 3 aromatic rings. The maximum atomic E-state index is 13.7. The van der Waals surface area contributed by atoms with Gasteiger partial charge in [0.2, 0.25) is 11.2 Å². The van der Waals surface area contributed by atoms with Crippen LogP contribution in [0, 0.1) is 0 Å². The molecule has 0 spiro atoms. The molecule has 0 saturated carbocycles. The van der Waals surface area contributed by atoms with Gasteiger partial charge in [0.15, 0.2) is 22.8 Å². The van der Waals surface area contributed by atoms with Crippen LogP contribution in [0.25, 0.3) is 27.9 Å². The first-order valence-corrected chi connectivity index (χ1v) is 10.5. The second-order valence-corrected chi connectivity index (χ2v) is 7.41. The summed E-state index contributed by atoms with van der Waals surface area (Å²) in [5.74, 6) is 2.34. The molecule has 33 heavy (non-hydrogen) atoms. The number of ether oxygens (including phenoxy) is 5. The molecule has 174 valence electrons. The van der Waals surface area contributed by atoms with E-state index < -0.39 is 0 Å². The predicted octanol–water partition coefficient (Wildman–Crippen LogP) is 3.88. The van der Waals surface area contributed by atoms with Gasteiger partial charge in [-0.15, -0.1) is 0 Å². The van der Waals surface area contributed by atoms with Crippen molar-refractivity contribution in [2.75, 3.05) is 48.6 Å². The molecule has 0 radical (unpaired) electrons. The minimum Gasteiger partial charge on any atom is -0.496 e. The molecule has 0 atom stereocenters. The van der Waals surface area contributed by atoms with Crippen molar-refractivity contribution in [3.05, 3.63) is 46.1 Å². The summed E-state index contributed by atoms with van der Waals surface area (Å²) in [5, 5.41) is 3.60. The fourth-order valence-corrected chi connectivity index (χ4v) is 4.12. The van der Waals surface area contributed by atoms with Crippen molar-refractivity contribution < 1.29 is 28.1 Å². The maximum absolute atomic E-state index is 13.7. The Morgan fingerprint density at radius 1 is 0.848 bits per heavy atom. The molecule has 2 aromatic carbocycles. The number of fused-ring (bicyclic) bond motifs is 1. The van der Waals surface area contributed by atoms with Gasteiger partial charge in [0.25, 0.3) is 0 Å². The second-order valence-electron chi connectivity index (χ2n) is 7.41. The largest absolute Gasteiger partial charge is 0.496 e. The number of hydrogen-bond donors (Lipinski definition) is 1. The van der Waals surface area contributed by atoms with E-state index in [2.05, 4.69) is 11.4 Å². The van der Waals surface area contributed by atoms with E-state index in [0.29, 0.717) is 39.5 Å². The maximum Gasteiger partial charge on any atom is 0.239 e. The van der Waals surface area contributed by atoms with Crippen LogP contribution in [0.1, 0.15) is 12.0 Å². The Morgan fingerprint density at radius 2 is 1.58 bits per heavy atom. The predicted molar refractivity (Wildman–Crippen MR) is 126 cm³/mol. The van der Waals surface area contributed by atoms with Gasteiger partial charge in [-0.3, -0.25) is 4.79 Å². The molecule has 1 N–H and O–H groups in total. The molecule has 1 aromatic heterocycles. The summed E-state index contributed by atoms with van der Waals surface area (Å²) in [7, 11) is 7.64. The highest BCUT2D eigenvalue weighted by molar-refractivity contribution is 5.98. The van der Waals surface area contributed by atoms with Crippen molar-refractivity contribution in [2.45, 2.75) is 6.42 Å². The lowest BCUT2D eigenvalue weighted by Gasteiger charge is -2.20. The standard InChI is InChI=1S/C25H27NO7/c1-28-16-7-6-15(12-17(16)29-2)23-25(32-5)22(27)21-19(31-4)13-18(30-3)20(24(21)33-23)14-8-10-26-11-9-14/h6-8,12-13,26H,9-11H2,1-5H3. The summed E-state index contributed by atoms with van der Waals surface area (Å²) in [5.41, 5.74) is 2.42. The third-order valence-corrected chi connectivity index (χ3v) is 5.73. The normalized spacial score (nSPS) is 13.4. The first-order valence-electron chi connectivity index (χ1n) is 10.5. The highest BCUT2D eigenvalue weighted by atomic mass is 16.5. The van der Waals surface area contributed by atoms with E-state index in [1.165, 1.54) is 14.2 Å². The highest BCUT2D eigenvalue weighted by Gasteiger charge is 2.27. The lowest BCUT2D eigenvalue weighted by atomic mass is 9.96. The van der Waals surface area contributed by atoms with E-state index in [1.54, 1.807) is 45.6 Å². The van der Waals surface area contributed by atoms with Crippen LogP contribution in [0.3, 0.4) is 0 Å². The van der Waals surface area contributed by atoms with E-state index >= 15 is 0 Å². The van der Waals surface area contributed by atoms with Crippen LogP contribution in [0.2, 0.25) is 0 Å². The minimum atomic E-state index is -0.334. The van der Waals surface area contributed by atoms with Crippen molar-refractivity contribution in [3.63, 3.8) is 0 Å². The van der Waals surface area contributed by atoms with Crippen LogP contribution in [0.5, 0.6) is 28.7 Å². The summed E-state index contributed by atoms with van der Waals surface area (Å²) in [6, 6.07) is 6.99. The van der Waals surface area contributed by atoms with Crippen LogP contribution in [0.4, 0.5) is 0 Å². The molecule has 4 rings (SSSR count). The second kappa shape index (κ2) is 9.46. The average molecular weight is 453 g/mol. The van der Waals surface area contributed by atoms with Crippen LogP contribution in [0.15, 0.2) is 39.6 Å². The van der Waals surface area contributed by atoms with E-state index in [4.69, 9.17) is 28.1 Å². The Bertz CT molecular complexity index is 1280. The topological polar surface area (TPSA) is 88.4 Å². The zero-order chi connectivity index (χ0) is 23.5. The fourth-order valence-electron chi connectivity index (χ4n) is 4.12. The molecule has 0 aliphatic carbocycles. The lowest BCUT2D eigenvalue weighted by Crippen LogP contribution is -2.20. The lowest BCUT2D eigenvalue weighted by molar-refractivity contribution is 0.355. The van der Waals surface area contributed by atoms with Crippen LogP contribution in [-0.2, 0) is 0 Å². The molecular weight excluding hydrogens is 426 g/mol. The van der Waals surface area contributed by atoms with Crippen LogP contribution < -0.4 is 34.4 Å². The van der Waals surface area contributed by atoms with Crippen LogP contribution >= 0.6 is 0 Å². The van der Waals surface area contributed by atoms with Crippen molar-refractivity contribution in [1.82, 2.24) is 5.32 Å². The Morgan fingerprint density at radius 3 is 2.18 bits per heavy atom. The van der Waals surface area contributed by atoms with Gasteiger partial charge < -0.3 is 33.4 Å². The molecule has 0 bridgehead atoms. The summed E-state index contributed by atoms with van der Waals surface area (Å²) in [6.45, 7) is 1.53. The van der Waals surface area contributed by atoms with Crippen molar-refractivity contribution in [2.24, 2.45) is 0 Å². The molecule has 0 fully saturated rings. The van der Waals surface area contributed by atoms with Crippen molar-refractivity contribution in [1.29, 1.82) is 0 Å². The number of nitrogens with one attached hydrogen (secondary N) is 1. The molecule has 0 amide bonds. The van der Waals surface area contributed by atoms with E-state index in [0.717, 1.165) is 30.6 Å². The highest BCUT2D eigenvalue weighted by Crippen LogP contribution is 2.44. The van der Waals surface area contributed by atoms with Crippen molar-refractivity contribution >= 4 is 16.5 Å². The Hall–Kier alpha value is -3.65. The monoisotopic (exact) mass is 453 g/mol. The summed E-state index contributed by atoms with van der Waals surface area (Å²) >= 11 is 0. The van der Waals surface area contributed by atoms with Gasteiger partial charge >= 0.3 is 0 Å². The number of hydrogen-bond acceptors (Lipinski definition) is 8. The van der Waals surface area contributed by atoms with E-state index in [1.807, 2.05) is 0 Å². The number of benzene rings is 2. The van der Waals surface area contributed by atoms with Gasteiger partial charge in [-0.05, 0) is 36.7 Å². The molecule has 1 aliphatic heterocycles. The molecule has 0 saturated heterocycles. The van der Waals surface area contributed by atoms with Gasteiger partial charge in [0, 0.05) is 18.2 Å². The smallest absolute Gasteiger partial charge is 0.239 e. The van der Waals surface area contributed by atoms with Gasteiger partial charge in [-0.2, -0.15) is 0 Å². The zero-order valence-corrected chi connectivity index (χ0v) is 19.4. The third-order valence-electron chi connectivity index (χ3n) is 5.73. The molecular formula is C25H27NO7. The van der Waals surface area contributed by atoms with Crippen LogP contribution in [-0.4, -0.2) is 48.6 Å². The number of rotatable bonds is 7. The quantitative estimate of drug-likeness (QED) is 0.577. The van der Waals surface area contributed by atoms with Crippen molar-refractivity contribution in [3.8, 4) is 40.1 Å². The third kappa shape index (κ3) is 3.87. The minimum absolute atomic E-state index is 0.0726. The van der Waals surface area contributed by atoms with E-state index in [-0.39, 0.29) is 16.9 Å². The summed E-state index contributed by atoms with van der Waals surface area (Å²) < 4.78 is 34.0.